The number of benzene rings is 1. The van der Waals surface area contributed by atoms with Crippen molar-refractivity contribution in [1.82, 2.24) is 4.72 Å². The molecule has 19 heavy (non-hydrogen) atoms. The lowest BCUT2D eigenvalue weighted by atomic mass is 9.97. The number of hydrogen-bond donors (Lipinski definition) is 2. The van der Waals surface area contributed by atoms with Crippen LogP contribution in [0.25, 0.3) is 0 Å². The van der Waals surface area contributed by atoms with Crippen LogP contribution in [0.15, 0.2) is 18.2 Å². The van der Waals surface area contributed by atoms with Crippen molar-refractivity contribution in [3.8, 4) is 5.75 Å². The third-order valence-electron chi connectivity index (χ3n) is 3.26. The summed E-state index contributed by atoms with van der Waals surface area (Å²) in [7, 11) is -3.26. The topological polar surface area (TPSA) is 75.6 Å². The fourth-order valence-corrected chi connectivity index (χ4v) is 2.94. The van der Waals surface area contributed by atoms with Crippen LogP contribution in [0.3, 0.4) is 0 Å². The molecule has 1 heterocycles. The van der Waals surface area contributed by atoms with E-state index >= 15 is 0 Å². The number of rotatable bonds is 4. The lowest BCUT2D eigenvalue weighted by Crippen LogP contribution is -2.33. The van der Waals surface area contributed by atoms with E-state index in [1.54, 1.807) is 26.0 Å². The Labute approximate surface area is 113 Å². The molecule has 0 radical (unpaired) electrons. The highest BCUT2D eigenvalue weighted by atomic mass is 32.2. The Bertz CT molecular complexity index is 554. The van der Waals surface area contributed by atoms with Crippen molar-refractivity contribution >= 4 is 10.0 Å². The zero-order chi connectivity index (χ0) is 14.0. The van der Waals surface area contributed by atoms with Gasteiger partial charge < -0.3 is 9.84 Å². The molecule has 1 aliphatic rings. The summed E-state index contributed by atoms with van der Waals surface area (Å²) in [5.41, 5.74) is 1.55. The molecule has 106 valence electrons. The van der Waals surface area contributed by atoms with E-state index in [1.165, 1.54) is 0 Å². The van der Waals surface area contributed by atoms with Crippen molar-refractivity contribution in [3.05, 3.63) is 29.3 Å². The van der Waals surface area contributed by atoms with Gasteiger partial charge in [-0.15, -0.1) is 0 Å². The Morgan fingerprint density at radius 2 is 2.26 bits per heavy atom. The van der Waals surface area contributed by atoms with Crippen molar-refractivity contribution in [2.45, 2.75) is 32.4 Å². The Balaban J connectivity index is 2.34. The van der Waals surface area contributed by atoms with Crippen LogP contribution >= 0.6 is 0 Å². The second-order valence-electron chi connectivity index (χ2n) is 4.68. The van der Waals surface area contributed by atoms with E-state index in [-0.39, 0.29) is 11.8 Å². The molecule has 1 aliphatic heterocycles. The number of sulfonamides is 1. The van der Waals surface area contributed by atoms with Gasteiger partial charge in [0.15, 0.2) is 0 Å². The van der Waals surface area contributed by atoms with Gasteiger partial charge in [-0.3, -0.25) is 0 Å². The zero-order valence-electron chi connectivity index (χ0n) is 11.1. The van der Waals surface area contributed by atoms with E-state index in [0.29, 0.717) is 18.8 Å². The minimum atomic E-state index is -3.26. The molecule has 2 unspecified atom stereocenters. The predicted octanol–water partition coefficient (Wildman–Crippen LogP) is 1.50. The summed E-state index contributed by atoms with van der Waals surface area (Å²) in [5, 5.41) is 9.61. The van der Waals surface area contributed by atoms with Gasteiger partial charge in [0.25, 0.3) is 0 Å². The lowest BCUT2D eigenvalue weighted by molar-refractivity contribution is 0.198. The second-order valence-corrected chi connectivity index (χ2v) is 6.73. The molecule has 1 aromatic carbocycles. The number of hydrogen-bond acceptors (Lipinski definition) is 4. The van der Waals surface area contributed by atoms with Gasteiger partial charge in [-0.1, -0.05) is 6.07 Å². The molecule has 0 saturated heterocycles. The molecule has 0 amide bonds. The first-order chi connectivity index (χ1) is 8.93. The Morgan fingerprint density at radius 3 is 2.89 bits per heavy atom. The molecule has 0 spiro atoms. The standard InChI is InChI=1S/C13H19NO4S/c1-3-19(16,17)14-12-6-7-18-13-5-4-10(9(2)15)8-11(12)13/h4-5,8-9,12,14-15H,3,6-7H2,1-2H3. The van der Waals surface area contributed by atoms with Gasteiger partial charge in [-0.05, 0) is 31.5 Å². The highest BCUT2D eigenvalue weighted by Crippen LogP contribution is 2.34. The molecule has 6 heteroatoms. The highest BCUT2D eigenvalue weighted by molar-refractivity contribution is 7.89. The molecule has 5 nitrogen and oxygen atoms in total. The van der Waals surface area contributed by atoms with E-state index in [4.69, 9.17) is 4.74 Å². The third-order valence-corrected chi connectivity index (χ3v) is 4.66. The summed E-state index contributed by atoms with van der Waals surface area (Å²) in [6, 6.07) is 5.10. The van der Waals surface area contributed by atoms with Crippen LogP contribution < -0.4 is 9.46 Å². The first kappa shape index (κ1) is 14.3. The van der Waals surface area contributed by atoms with Gasteiger partial charge in [0.2, 0.25) is 10.0 Å². The summed E-state index contributed by atoms with van der Waals surface area (Å²) >= 11 is 0. The van der Waals surface area contributed by atoms with Crippen molar-refractivity contribution in [3.63, 3.8) is 0 Å². The van der Waals surface area contributed by atoms with Gasteiger partial charge in [-0.25, -0.2) is 13.1 Å². The van der Waals surface area contributed by atoms with Gasteiger partial charge in [0.1, 0.15) is 5.75 Å². The molecule has 0 fully saturated rings. The fourth-order valence-electron chi connectivity index (χ4n) is 2.10. The van der Waals surface area contributed by atoms with Crippen LogP contribution in [0.2, 0.25) is 0 Å². The molecule has 2 N–H and O–H groups in total. The summed E-state index contributed by atoms with van der Waals surface area (Å²) in [5.74, 6) is 0.731. The maximum Gasteiger partial charge on any atom is 0.211 e. The van der Waals surface area contributed by atoms with Crippen LogP contribution in [0.4, 0.5) is 0 Å². The highest BCUT2D eigenvalue weighted by Gasteiger charge is 2.25. The van der Waals surface area contributed by atoms with E-state index < -0.39 is 16.1 Å². The Hall–Kier alpha value is -1.11. The normalized spacial score (nSPS) is 20.5. The van der Waals surface area contributed by atoms with Gasteiger partial charge in [0.05, 0.1) is 24.5 Å². The minimum absolute atomic E-state index is 0.0514. The fraction of sp³-hybridized carbons (Fsp3) is 0.538. The maximum atomic E-state index is 11.7. The molecular weight excluding hydrogens is 266 g/mol. The molecule has 0 aliphatic carbocycles. The van der Waals surface area contributed by atoms with Crippen molar-refractivity contribution in [2.24, 2.45) is 0 Å². The first-order valence-electron chi connectivity index (χ1n) is 6.37. The minimum Gasteiger partial charge on any atom is -0.493 e. The molecule has 0 bridgehead atoms. The van der Waals surface area contributed by atoms with Crippen molar-refractivity contribution < 1.29 is 18.3 Å². The molecule has 0 aromatic heterocycles. The zero-order valence-corrected chi connectivity index (χ0v) is 11.9. The van der Waals surface area contributed by atoms with E-state index in [2.05, 4.69) is 4.72 Å². The molecule has 2 atom stereocenters. The van der Waals surface area contributed by atoms with Crippen LogP contribution in [-0.2, 0) is 10.0 Å². The number of aliphatic hydroxyl groups is 1. The van der Waals surface area contributed by atoms with Gasteiger partial charge >= 0.3 is 0 Å². The Morgan fingerprint density at radius 1 is 1.53 bits per heavy atom. The molecule has 1 aromatic rings. The predicted molar refractivity (Wildman–Crippen MR) is 72.5 cm³/mol. The summed E-state index contributed by atoms with van der Waals surface area (Å²) in [6.45, 7) is 3.77. The quantitative estimate of drug-likeness (QED) is 0.879. The van der Waals surface area contributed by atoms with Crippen LogP contribution in [0.5, 0.6) is 5.75 Å². The van der Waals surface area contributed by atoms with Crippen molar-refractivity contribution in [1.29, 1.82) is 0 Å². The van der Waals surface area contributed by atoms with Crippen LogP contribution in [0, 0.1) is 0 Å². The molecule has 0 saturated carbocycles. The summed E-state index contributed by atoms with van der Waals surface area (Å²) in [6.07, 6.45) is 0.00540. The summed E-state index contributed by atoms with van der Waals surface area (Å²) in [4.78, 5) is 0. The number of fused-ring (bicyclic) bond motifs is 1. The maximum absolute atomic E-state index is 11.7. The van der Waals surface area contributed by atoms with Gasteiger partial charge in [0, 0.05) is 12.0 Å². The largest absolute Gasteiger partial charge is 0.493 e. The third kappa shape index (κ3) is 3.26. The number of aliphatic hydroxyl groups excluding tert-OH is 1. The Kier molecular flexibility index (Phi) is 4.13. The average molecular weight is 285 g/mol. The SMILES string of the molecule is CCS(=O)(=O)NC1CCOc2ccc(C(C)O)cc21. The smallest absolute Gasteiger partial charge is 0.211 e. The van der Waals surface area contributed by atoms with E-state index in [0.717, 1.165) is 11.1 Å². The lowest BCUT2D eigenvalue weighted by Gasteiger charge is -2.27. The molecular formula is C13H19NO4S. The first-order valence-corrected chi connectivity index (χ1v) is 8.03. The van der Waals surface area contributed by atoms with Crippen LogP contribution in [0.1, 0.15) is 43.5 Å². The number of nitrogens with one attached hydrogen (secondary N) is 1. The van der Waals surface area contributed by atoms with E-state index in [1.807, 2.05) is 6.07 Å². The molecule has 2 rings (SSSR count). The van der Waals surface area contributed by atoms with Gasteiger partial charge in [-0.2, -0.15) is 0 Å². The van der Waals surface area contributed by atoms with Crippen LogP contribution in [-0.4, -0.2) is 25.9 Å². The monoisotopic (exact) mass is 285 g/mol. The second kappa shape index (κ2) is 5.48. The summed E-state index contributed by atoms with van der Waals surface area (Å²) < 4.78 is 31.6. The van der Waals surface area contributed by atoms with Crippen molar-refractivity contribution in [2.75, 3.05) is 12.4 Å². The average Bonchev–Trinajstić information content (AvgIpc) is 2.38. The van der Waals surface area contributed by atoms with E-state index in [9.17, 15) is 13.5 Å². The number of ether oxygens (including phenoxy) is 1.